The van der Waals surface area contributed by atoms with Crippen LogP contribution in [0.5, 0.6) is 5.75 Å². The van der Waals surface area contributed by atoms with Gasteiger partial charge in [-0.2, -0.15) is 0 Å². The lowest BCUT2D eigenvalue weighted by atomic mass is 9.79. The first-order chi connectivity index (χ1) is 14.5. The first-order valence-electron chi connectivity index (χ1n) is 9.77. The molecule has 0 radical (unpaired) electrons. The molecular weight excluding hydrogens is 420 g/mol. The number of alkyl halides is 1. The Morgan fingerprint density at radius 2 is 1.70 bits per heavy atom. The third-order valence-corrected chi connectivity index (χ3v) is 5.05. The molecule has 9 nitrogen and oxygen atoms in total. The minimum Gasteiger partial charge on any atom is -0.496 e. The third kappa shape index (κ3) is 6.49. The highest BCUT2D eigenvalue weighted by atomic mass is 35.5. The average Bonchev–Trinajstić information content (AvgIpc) is 2.76. The fourth-order valence-corrected chi connectivity index (χ4v) is 3.40. The normalized spacial score (nSPS) is 29.1. The van der Waals surface area contributed by atoms with Gasteiger partial charge in [0.25, 0.3) is 0 Å². The van der Waals surface area contributed by atoms with Crippen LogP contribution in [0.4, 0.5) is 0 Å². The second kappa shape index (κ2) is 12.7. The van der Waals surface area contributed by atoms with Crippen LogP contribution in [0.25, 0.3) is 0 Å². The molecule has 1 aliphatic heterocycles. The van der Waals surface area contributed by atoms with Crippen molar-refractivity contribution in [3.63, 3.8) is 0 Å². The molecule has 1 fully saturated rings. The van der Waals surface area contributed by atoms with Crippen molar-refractivity contribution >= 4 is 11.6 Å². The van der Waals surface area contributed by atoms with Crippen molar-refractivity contribution in [2.24, 2.45) is 0 Å². The molecule has 10 heteroatoms. The zero-order chi connectivity index (χ0) is 22.0. The Hall–Kier alpha value is -1.01. The summed E-state index contributed by atoms with van der Waals surface area (Å²) >= 11 is 5.50. The van der Waals surface area contributed by atoms with E-state index in [1.165, 1.54) is 7.11 Å². The molecule has 5 atom stereocenters. The predicted molar refractivity (Wildman–Crippen MR) is 108 cm³/mol. The van der Waals surface area contributed by atoms with E-state index >= 15 is 0 Å². The van der Waals surface area contributed by atoms with Crippen molar-refractivity contribution in [2.45, 2.75) is 36.6 Å². The quantitative estimate of drug-likeness (QED) is 0.236. The van der Waals surface area contributed by atoms with Gasteiger partial charge in [-0.3, -0.25) is 0 Å². The van der Waals surface area contributed by atoms with Crippen molar-refractivity contribution in [3.05, 3.63) is 29.8 Å². The summed E-state index contributed by atoms with van der Waals surface area (Å²) < 4.78 is 26.8. The van der Waals surface area contributed by atoms with Crippen molar-refractivity contribution in [1.82, 2.24) is 0 Å². The van der Waals surface area contributed by atoms with Gasteiger partial charge in [0, 0.05) is 12.3 Å². The molecule has 1 aliphatic rings. The van der Waals surface area contributed by atoms with Gasteiger partial charge in [-0.15, -0.1) is 11.6 Å². The summed E-state index contributed by atoms with van der Waals surface area (Å²) in [5.41, 5.74) is -1.44. The van der Waals surface area contributed by atoms with E-state index in [1.54, 1.807) is 24.3 Å². The first kappa shape index (κ1) is 25.3. The molecule has 0 unspecified atom stereocenters. The molecule has 0 bridgehead atoms. The van der Waals surface area contributed by atoms with Crippen molar-refractivity contribution in [2.75, 3.05) is 52.6 Å². The molecule has 1 aromatic carbocycles. The van der Waals surface area contributed by atoms with E-state index in [1.807, 2.05) is 0 Å². The van der Waals surface area contributed by atoms with Crippen LogP contribution < -0.4 is 4.74 Å². The molecule has 1 saturated heterocycles. The van der Waals surface area contributed by atoms with Crippen LogP contribution in [-0.4, -0.2) is 103 Å². The van der Waals surface area contributed by atoms with E-state index in [-0.39, 0.29) is 19.6 Å². The highest BCUT2D eigenvalue weighted by Gasteiger charge is 2.55. The number of benzene rings is 1. The van der Waals surface area contributed by atoms with Gasteiger partial charge in [-0.25, -0.2) is 0 Å². The van der Waals surface area contributed by atoms with Gasteiger partial charge < -0.3 is 44.1 Å². The summed E-state index contributed by atoms with van der Waals surface area (Å²) in [7, 11) is 1.49. The lowest BCUT2D eigenvalue weighted by Crippen LogP contribution is -2.68. The maximum atomic E-state index is 11.2. The number of aliphatic hydroxyl groups excluding tert-OH is 3. The number of rotatable bonds is 13. The maximum absolute atomic E-state index is 11.2. The standard InChI is InChI=1S/C20H31ClO9/c1-26-15-5-3-2-4-14(15)12-20(25)17(23)16(13-22)30-19(18(20)24)29-11-10-28-9-8-27-7-6-21/h2-5,16-19,22-25H,6-13H2,1H3/t16-,17+,18+,19+,20+/m1/s1. The van der Waals surface area contributed by atoms with Crippen LogP contribution in [0.3, 0.4) is 0 Å². The summed E-state index contributed by atoms with van der Waals surface area (Å²) in [6.07, 6.45) is -5.65. The number of hydrogen-bond acceptors (Lipinski definition) is 9. The third-order valence-electron chi connectivity index (χ3n) is 4.89. The lowest BCUT2D eigenvalue weighted by molar-refractivity contribution is -0.333. The molecule has 0 spiro atoms. The van der Waals surface area contributed by atoms with Crippen LogP contribution in [0.2, 0.25) is 0 Å². The van der Waals surface area contributed by atoms with Crippen LogP contribution in [-0.2, 0) is 25.4 Å². The molecular formula is C20H31ClO9. The Balaban J connectivity index is 1.98. The predicted octanol–water partition coefficient (Wildman–Crippen LogP) is -0.304. The van der Waals surface area contributed by atoms with E-state index in [4.69, 9.17) is 35.3 Å². The molecule has 30 heavy (non-hydrogen) atoms. The smallest absolute Gasteiger partial charge is 0.187 e. The molecule has 0 aliphatic carbocycles. The van der Waals surface area contributed by atoms with Crippen molar-refractivity contribution in [3.8, 4) is 5.75 Å². The van der Waals surface area contributed by atoms with Crippen molar-refractivity contribution < 1.29 is 44.1 Å². The van der Waals surface area contributed by atoms with Crippen LogP contribution >= 0.6 is 11.6 Å². The zero-order valence-electron chi connectivity index (χ0n) is 17.0. The minimum atomic E-state index is -2.03. The summed E-state index contributed by atoms with van der Waals surface area (Å²) in [5.74, 6) is 0.912. The molecule has 0 saturated carbocycles. The number of ether oxygens (including phenoxy) is 5. The summed E-state index contributed by atoms with van der Waals surface area (Å²) in [5, 5.41) is 42.1. The van der Waals surface area contributed by atoms with Gasteiger partial charge in [0.15, 0.2) is 6.29 Å². The summed E-state index contributed by atoms with van der Waals surface area (Å²) in [6.45, 7) is 0.899. The Labute approximate surface area is 181 Å². The van der Waals surface area contributed by atoms with Gasteiger partial charge in [-0.1, -0.05) is 18.2 Å². The molecule has 0 amide bonds. The van der Waals surface area contributed by atoms with Crippen LogP contribution in [0, 0.1) is 0 Å². The molecule has 0 aromatic heterocycles. The zero-order valence-corrected chi connectivity index (χ0v) is 17.7. The Morgan fingerprint density at radius 1 is 1.03 bits per heavy atom. The van der Waals surface area contributed by atoms with Crippen molar-refractivity contribution in [1.29, 1.82) is 0 Å². The first-order valence-corrected chi connectivity index (χ1v) is 10.3. The monoisotopic (exact) mass is 450 g/mol. The van der Waals surface area contributed by atoms with Gasteiger partial charge in [0.1, 0.15) is 29.7 Å². The maximum Gasteiger partial charge on any atom is 0.187 e. The van der Waals surface area contributed by atoms with E-state index in [2.05, 4.69) is 0 Å². The largest absolute Gasteiger partial charge is 0.496 e. The SMILES string of the molecule is COc1ccccc1C[C@@]1(O)[C@@H](O)[C@@H](OCCOCCOCCCl)O[C@H](CO)[C@@H]1O. The fraction of sp³-hybridized carbons (Fsp3) is 0.700. The van der Waals surface area contributed by atoms with E-state index in [9.17, 15) is 20.4 Å². The summed E-state index contributed by atoms with van der Waals surface area (Å²) in [4.78, 5) is 0. The lowest BCUT2D eigenvalue weighted by Gasteiger charge is -2.47. The Kier molecular flexibility index (Phi) is 10.7. The highest BCUT2D eigenvalue weighted by Crippen LogP contribution is 2.35. The van der Waals surface area contributed by atoms with E-state index in [0.717, 1.165) is 0 Å². The number of hydrogen-bond donors (Lipinski definition) is 4. The Morgan fingerprint density at radius 3 is 2.37 bits per heavy atom. The fourth-order valence-electron chi connectivity index (χ4n) is 3.29. The van der Waals surface area contributed by atoms with E-state index in [0.29, 0.717) is 37.0 Å². The molecule has 172 valence electrons. The second-order valence-corrected chi connectivity index (χ2v) is 7.26. The molecule has 1 heterocycles. The average molecular weight is 451 g/mol. The van der Waals surface area contributed by atoms with Gasteiger partial charge in [0.05, 0.1) is 46.8 Å². The van der Waals surface area contributed by atoms with Gasteiger partial charge >= 0.3 is 0 Å². The molecule has 4 N–H and O–H groups in total. The molecule has 1 aromatic rings. The van der Waals surface area contributed by atoms with Gasteiger partial charge in [0.2, 0.25) is 0 Å². The number of para-hydroxylation sites is 1. The highest BCUT2D eigenvalue weighted by molar-refractivity contribution is 6.17. The minimum absolute atomic E-state index is 0.0657. The number of halogens is 1. The summed E-state index contributed by atoms with van der Waals surface area (Å²) in [6, 6.07) is 6.95. The number of aliphatic hydroxyl groups is 4. The van der Waals surface area contributed by atoms with Crippen LogP contribution in [0.1, 0.15) is 5.56 Å². The topological polar surface area (TPSA) is 127 Å². The Bertz CT molecular complexity index is 620. The number of methoxy groups -OCH3 is 1. The van der Waals surface area contributed by atoms with E-state index < -0.39 is 36.8 Å². The van der Waals surface area contributed by atoms with Crippen LogP contribution in [0.15, 0.2) is 24.3 Å². The second-order valence-electron chi connectivity index (χ2n) is 6.88. The van der Waals surface area contributed by atoms with Gasteiger partial charge in [-0.05, 0) is 11.6 Å². The molecule has 2 rings (SSSR count).